The van der Waals surface area contributed by atoms with Gasteiger partial charge in [0.15, 0.2) is 18.1 Å². The van der Waals surface area contributed by atoms with Gasteiger partial charge in [0.05, 0.1) is 12.8 Å². The van der Waals surface area contributed by atoms with Crippen molar-refractivity contribution in [2.75, 3.05) is 6.61 Å². The fourth-order valence-corrected chi connectivity index (χ4v) is 2.46. The molecule has 4 aromatic rings. The fourth-order valence-electron chi connectivity index (χ4n) is 2.30. The zero-order valence-electron chi connectivity index (χ0n) is 16.3. The SMILES string of the molecule is CCOC(=O)C(C)Oc1ccc(Oc2nc3ccc(Cl)cc3o2)cc1.c1cocn1. The smallest absolute Gasteiger partial charge is 0.400 e. The largest absolute Gasteiger partial charge is 0.479 e. The maximum Gasteiger partial charge on any atom is 0.400 e. The molecule has 0 saturated heterocycles. The molecule has 0 aliphatic rings. The number of nitrogens with zero attached hydrogens (tertiary/aromatic N) is 2. The van der Waals surface area contributed by atoms with E-state index in [1.54, 1.807) is 62.5 Å². The van der Waals surface area contributed by atoms with E-state index in [0.29, 0.717) is 34.2 Å². The number of benzene rings is 2. The number of fused-ring (bicyclic) bond motifs is 1. The Morgan fingerprint density at radius 3 is 2.57 bits per heavy atom. The van der Waals surface area contributed by atoms with Crippen molar-refractivity contribution in [3.63, 3.8) is 0 Å². The first-order valence-electron chi connectivity index (χ1n) is 9.04. The minimum atomic E-state index is -0.687. The Morgan fingerprint density at radius 2 is 1.93 bits per heavy atom. The van der Waals surface area contributed by atoms with Crippen molar-refractivity contribution >= 4 is 28.7 Å². The number of esters is 1. The lowest BCUT2D eigenvalue weighted by Crippen LogP contribution is -2.25. The monoisotopic (exact) mass is 430 g/mol. The van der Waals surface area contributed by atoms with Crippen LogP contribution in [-0.2, 0) is 9.53 Å². The van der Waals surface area contributed by atoms with Crippen molar-refractivity contribution in [1.29, 1.82) is 0 Å². The molecule has 9 heteroatoms. The summed E-state index contributed by atoms with van der Waals surface area (Å²) in [6, 6.07) is 11.9. The number of halogens is 1. The number of carbonyl (C=O) groups is 1. The van der Waals surface area contributed by atoms with Gasteiger partial charge in [-0.3, -0.25) is 0 Å². The Balaban J connectivity index is 0.000000448. The van der Waals surface area contributed by atoms with E-state index in [4.69, 9.17) is 30.2 Å². The molecule has 0 saturated carbocycles. The molecule has 0 N–H and O–H groups in total. The topological polar surface area (TPSA) is 96.8 Å². The van der Waals surface area contributed by atoms with Gasteiger partial charge in [-0.25, -0.2) is 9.78 Å². The lowest BCUT2D eigenvalue weighted by Gasteiger charge is -2.13. The number of oxazole rings is 2. The van der Waals surface area contributed by atoms with Gasteiger partial charge in [-0.05, 0) is 50.2 Å². The molecule has 156 valence electrons. The van der Waals surface area contributed by atoms with Crippen LogP contribution < -0.4 is 9.47 Å². The summed E-state index contributed by atoms with van der Waals surface area (Å²) in [5.74, 6) is 0.638. The van der Waals surface area contributed by atoms with E-state index in [2.05, 4.69) is 14.4 Å². The van der Waals surface area contributed by atoms with Crippen LogP contribution in [-0.4, -0.2) is 28.6 Å². The Morgan fingerprint density at radius 1 is 1.17 bits per heavy atom. The summed E-state index contributed by atoms with van der Waals surface area (Å²) in [7, 11) is 0. The van der Waals surface area contributed by atoms with Gasteiger partial charge >= 0.3 is 12.0 Å². The van der Waals surface area contributed by atoms with E-state index >= 15 is 0 Å². The molecular formula is C21H19ClN2O6. The first-order chi connectivity index (χ1) is 14.5. The van der Waals surface area contributed by atoms with Crippen molar-refractivity contribution in [1.82, 2.24) is 9.97 Å². The summed E-state index contributed by atoms with van der Waals surface area (Å²) in [5, 5.41) is 0.562. The number of rotatable bonds is 6. The van der Waals surface area contributed by atoms with Gasteiger partial charge in [0.2, 0.25) is 0 Å². The molecule has 0 fully saturated rings. The van der Waals surface area contributed by atoms with Crippen LogP contribution in [0, 0.1) is 0 Å². The molecule has 2 aromatic carbocycles. The molecule has 4 rings (SSSR count). The molecule has 0 aliphatic carbocycles. The molecule has 0 amide bonds. The molecule has 1 atom stereocenters. The molecule has 8 nitrogen and oxygen atoms in total. The second-order valence-electron chi connectivity index (χ2n) is 5.85. The zero-order chi connectivity index (χ0) is 21.3. The normalized spacial score (nSPS) is 11.3. The second-order valence-corrected chi connectivity index (χ2v) is 6.29. The number of carbonyl (C=O) groups excluding carboxylic acids is 1. The highest BCUT2D eigenvalue weighted by Gasteiger charge is 2.15. The summed E-state index contributed by atoms with van der Waals surface area (Å²) in [6.07, 6.45) is 3.90. The Bertz CT molecular complexity index is 1050. The van der Waals surface area contributed by atoms with E-state index < -0.39 is 12.1 Å². The second kappa shape index (κ2) is 10.3. The Hall–Kier alpha value is -3.52. The zero-order valence-corrected chi connectivity index (χ0v) is 17.0. The molecule has 30 heavy (non-hydrogen) atoms. The molecule has 2 aromatic heterocycles. The highest BCUT2D eigenvalue weighted by atomic mass is 35.5. The molecule has 2 heterocycles. The van der Waals surface area contributed by atoms with Crippen LogP contribution in [0.15, 0.2) is 70.2 Å². The van der Waals surface area contributed by atoms with Crippen LogP contribution in [0.2, 0.25) is 5.02 Å². The van der Waals surface area contributed by atoms with Crippen molar-refractivity contribution in [3.8, 4) is 17.6 Å². The van der Waals surface area contributed by atoms with E-state index in [-0.39, 0.29) is 6.08 Å². The predicted octanol–water partition coefficient (Wildman–Crippen LogP) is 5.28. The Kier molecular flexibility index (Phi) is 7.29. The van der Waals surface area contributed by atoms with Gasteiger partial charge in [-0.1, -0.05) is 11.6 Å². The molecule has 0 bridgehead atoms. The molecular weight excluding hydrogens is 412 g/mol. The third-order valence-corrected chi connectivity index (χ3v) is 3.87. The van der Waals surface area contributed by atoms with Crippen LogP contribution in [0.1, 0.15) is 13.8 Å². The minimum absolute atomic E-state index is 0.117. The van der Waals surface area contributed by atoms with Crippen molar-refractivity contribution in [3.05, 3.63) is 66.3 Å². The predicted molar refractivity (Wildman–Crippen MR) is 109 cm³/mol. The quantitative estimate of drug-likeness (QED) is 0.381. The molecule has 1 unspecified atom stereocenters. The van der Waals surface area contributed by atoms with Gasteiger partial charge in [0.25, 0.3) is 0 Å². The van der Waals surface area contributed by atoms with Crippen LogP contribution in [0.5, 0.6) is 17.6 Å². The minimum Gasteiger partial charge on any atom is -0.479 e. The summed E-state index contributed by atoms with van der Waals surface area (Å²) >= 11 is 5.91. The molecule has 0 spiro atoms. The van der Waals surface area contributed by atoms with E-state index in [1.807, 2.05) is 0 Å². The first kappa shape index (κ1) is 21.2. The maximum atomic E-state index is 11.6. The van der Waals surface area contributed by atoms with Crippen molar-refractivity contribution in [2.45, 2.75) is 20.0 Å². The number of hydrogen-bond acceptors (Lipinski definition) is 8. The van der Waals surface area contributed by atoms with Crippen LogP contribution >= 0.6 is 11.6 Å². The lowest BCUT2D eigenvalue weighted by molar-refractivity contribution is -0.150. The summed E-state index contributed by atoms with van der Waals surface area (Å²) in [6.45, 7) is 3.69. The van der Waals surface area contributed by atoms with Crippen LogP contribution in [0.3, 0.4) is 0 Å². The molecule has 0 radical (unpaired) electrons. The van der Waals surface area contributed by atoms with Gasteiger partial charge in [-0.15, -0.1) is 0 Å². The fraction of sp³-hybridized carbons (Fsp3) is 0.190. The Labute approximate surface area is 177 Å². The van der Waals surface area contributed by atoms with Gasteiger partial charge in [0.1, 0.15) is 23.3 Å². The van der Waals surface area contributed by atoms with Crippen molar-refractivity contribution in [2.24, 2.45) is 0 Å². The molecule has 0 aliphatic heterocycles. The van der Waals surface area contributed by atoms with E-state index in [9.17, 15) is 4.79 Å². The average Bonchev–Trinajstić information content (AvgIpc) is 3.42. The van der Waals surface area contributed by atoms with Gasteiger partial charge in [-0.2, -0.15) is 4.98 Å². The van der Waals surface area contributed by atoms with Gasteiger partial charge in [0, 0.05) is 11.1 Å². The van der Waals surface area contributed by atoms with E-state index in [1.165, 1.54) is 12.7 Å². The third-order valence-electron chi connectivity index (χ3n) is 3.64. The highest BCUT2D eigenvalue weighted by Crippen LogP contribution is 2.28. The number of hydrogen-bond donors (Lipinski definition) is 0. The summed E-state index contributed by atoms with van der Waals surface area (Å²) in [5.41, 5.74) is 1.20. The standard InChI is InChI=1S/C18H16ClNO5.C3H3NO/c1-3-22-17(21)11(2)23-13-5-7-14(8-6-13)24-18-20-15-9-4-12(19)10-16(15)25-18;1-2-5-3-4-1/h4-11H,3H2,1-2H3;1-3H. The number of ether oxygens (including phenoxy) is 3. The van der Waals surface area contributed by atoms with Crippen LogP contribution in [0.25, 0.3) is 11.1 Å². The summed E-state index contributed by atoms with van der Waals surface area (Å²) in [4.78, 5) is 19.3. The summed E-state index contributed by atoms with van der Waals surface area (Å²) < 4.78 is 26.0. The van der Waals surface area contributed by atoms with Crippen LogP contribution in [0.4, 0.5) is 0 Å². The lowest BCUT2D eigenvalue weighted by atomic mass is 10.3. The maximum absolute atomic E-state index is 11.6. The van der Waals surface area contributed by atoms with Crippen molar-refractivity contribution < 1.29 is 27.8 Å². The highest BCUT2D eigenvalue weighted by molar-refractivity contribution is 6.31. The average molecular weight is 431 g/mol. The van der Waals surface area contributed by atoms with Gasteiger partial charge < -0.3 is 23.0 Å². The van der Waals surface area contributed by atoms with E-state index in [0.717, 1.165) is 0 Å². The first-order valence-corrected chi connectivity index (χ1v) is 9.42. The third kappa shape index (κ3) is 5.99. The number of aromatic nitrogens is 2.